The lowest BCUT2D eigenvalue weighted by Gasteiger charge is -2.12. The van der Waals surface area contributed by atoms with E-state index in [1.807, 2.05) is 0 Å². The fourth-order valence-corrected chi connectivity index (χ4v) is 2.10. The first-order valence-electron chi connectivity index (χ1n) is 6.75. The second kappa shape index (κ2) is 8.56. The van der Waals surface area contributed by atoms with Crippen LogP contribution in [0.3, 0.4) is 0 Å². The molecule has 0 spiro atoms. The van der Waals surface area contributed by atoms with Gasteiger partial charge >= 0.3 is 0 Å². The Hall–Kier alpha value is -0.580. The van der Waals surface area contributed by atoms with Crippen LogP contribution in [0.5, 0.6) is 5.75 Å². The van der Waals surface area contributed by atoms with Crippen molar-refractivity contribution in [3.05, 3.63) is 27.7 Å². The van der Waals surface area contributed by atoms with E-state index in [1.54, 1.807) is 0 Å². The number of benzene rings is 1. The van der Waals surface area contributed by atoms with Crippen LogP contribution in [0.4, 0.5) is 0 Å². The molecule has 19 heavy (non-hydrogen) atoms. The van der Waals surface area contributed by atoms with E-state index in [-0.39, 0.29) is 0 Å². The van der Waals surface area contributed by atoms with Crippen molar-refractivity contribution in [2.24, 2.45) is 0 Å². The third-order valence-electron chi connectivity index (χ3n) is 2.92. The van der Waals surface area contributed by atoms with Gasteiger partial charge in [-0.05, 0) is 70.7 Å². The van der Waals surface area contributed by atoms with E-state index in [0.29, 0.717) is 6.61 Å². The third-order valence-corrected chi connectivity index (χ3v) is 4.17. The molecule has 0 saturated heterocycles. The van der Waals surface area contributed by atoms with E-state index < -0.39 is 0 Å². The van der Waals surface area contributed by atoms with Gasteiger partial charge < -0.3 is 15.0 Å². The van der Waals surface area contributed by atoms with Crippen molar-refractivity contribution in [1.29, 1.82) is 0 Å². The highest BCUT2D eigenvalue weighted by Crippen LogP contribution is 2.26. The zero-order chi connectivity index (χ0) is 14.3. The van der Waals surface area contributed by atoms with Crippen LogP contribution >= 0.6 is 15.9 Å². The van der Waals surface area contributed by atoms with Crippen LogP contribution in [0.1, 0.15) is 17.5 Å². The quantitative estimate of drug-likeness (QED) is 0.742. The molecule has 0 unspecified atom stereocenters. The predicted molar refractivity (Wildman–Crippen MR) is 85.2 cm³/mol. The molecule has 0 radical (unpaired) electrons. The molecule has 3 nitrogen and oxygen atoms in total. The second-order valence-electron chi connectivity index (χ2n) is 5.13. The van der Waals surface area contributed by atoms with Crippen LogP contribution in [-0.4, -0.2) is 45.2 Å². The molecule has 0 aromatic heterocycles. The molecule has 1 aromatic rings. The summed E-state index contributed by atoms with van der Waals surface area (Å²) in [6.45, 7) is 7.94. The highest BCUT2D eigenvalue weighted by atomic mass is 79.9. The fourth-order valence-electron chi connectivity index (χ4n) is 1.88. The van der Waals surface area contributed by atoms with Gasteiger partial charge in [0.2, 0.25) is 0 Å². The fraction of sp³-hybridized carbons (Fsp3) is 0.600. The first kappa shape index (κ1) is 16.5. The van der Waals surface area contributed by atoms with Gasteiger partial charge in [-0.15, -0.1) is 0 Å². The Morgan fingerprint density at radius 3 is 2.37 bits per heavy atom. The van der Waals surface area contributed by atoms with E-state index in [4.69, 9.17) is 4.74 Å². The van der Waals surface area contributed by atoms with Gasteiger partial charge in [-0.1, -0.05) is 15.9 Å². The summed E-state index contributed by atoms with van der Waals surface area (Å²) in [7, 11) is 4.20. The lowest BCUT2D eigenvalue weighted by atomic mass is 10.1. The summed E-state index contributed by atoms with van der Waals surface area (Å²) in [6, 6.07) is 4.15. The van der Waals surface area contributed by atoms with E-state index in [1.165, 1.54) is 22.0 Å². The minimum absolute atomic E-state index is 0.711. The lowest BCUT2D eigenvalue weighted by molar-refractivity contribution is 0.311. The van der Waals surface area contributed by atoms with Crippen LogP contribution in [0, 0.1) is 13.8 Å². The van der Waals surface area contributed by atoms with Gasteiger partial charge in [0.15, 0.2) is 0 Å². The molecule has 0 amide bonds. The Balaban J connectivity index is 2.19. The van der Waals surface area contributed by atoms with Crippen LogP contribution < -0.4 is 10.1 Å². The SMILES string of the molecule is Cc1cc(OCCNCCCN(C)C)cc(C)c1Br. The number of nitrogens with one attached hydrogen (secondary N) is 1. The lowest BCUT2D eigenvalue weighted by Crippen LogP contribution is -2.25. The van der Waals surface area contributed by atoms with Crippen molar-refractivity contribution in [3.8, 4) is 5.75 Å². The molecule has 0 bridgehead atoms. The highest BCUT2D eigenvalue weighted by molar-refractivity contribution is 9.10. The summed E-state index contributed by atoms with van der Waals surface area (Å²) >= 11 is 3.56. The molecule has 1 aromatic carbocycles. The van der Waals surface area contributed by atoms with Crippen molar-refractivity contribution in [2.45, 2.75) is 20.3 Å². The van der Waals surface area contributed by atoms with Gasteiger partial charge in [-0.3, -0.25) is 0 Å². The molecular weight excluding hydrogens is 304 g/mol. The van der Waals surface area contributed by atoms with Gasteiger partial charge in [0.1, 0.15) is 12.4 Å². The topological polar surface area (TPSA) is 24.5 Å². The van der Waals surface area contributed by atoms with Gasteiger partial charge in [0, 0.05) is 11.0 Å². The third kappa shape index (κ3) is 6.41. The molecule has 0 heterocycles. The maximum atomic E-state index is 5.76. The van der Waals surface area contributed by atoms with Crippen LogP contribution in [0.2, 0.25) is 0 Å². The monoisotopic (exact) mass is 328 g/mol. The maximum Gasteiger partial charge on any atom is 0.119 e. The van der Waals surface area contributed by atoms with E-state index in [2.05, 4.69) is 66.2 Å². The normalized spacial score (nSPS) is 11.1. The predicted octanol–water partition coefficient (Wildman–Crippen LogP) is 2.99. The Bertz CT molecular complexity index is 371. The molecule has 4 heteroatoms. The number of hydrogen-bond acceptors (Lipinski definition) is 3. The zero-order valence-electron chi connectivity index (χ0n) is 12.4. The van der Waals surface area contributed by atoms with Crippen LogP contribution in [0.25, 0.3) is 0 Å². The number of hydrogen-bond donors (Lipinski definition) is 1. The summed E-state index contributed by atoms with van der Waals surface area (Å²) in [5, 5.41) is 3.39. The Morgan fingerprint density at radius 1 is 1.16 bits per heavy atom. The number of aryl methyl sites for hydroxylation is 2. The molecular formula is C15H25BrN2O. The first-order valence-corrected chi connectivity index (χ1v) is 7.55. The summed E-state index contributed by atoms with van der Waals surface area (Å²) in [6.07, 6.45) is 1.17. The molecule has 0 saturated carbocycles. The van der Waals surface area contributed by atoms with Gasteiger partial charge in [-0.2, -0.15) is 0 Å². The molecule has 0 aliphatic carbocycles. The molecule has 0 atom stereocenters. The van der Waals surface area contributed by atoms with E-state index in [9.17, 15) is 0 Å². The van der Waals surface area contributed by atoms with Gasteiger partial charge in [0.05, 0.1) is 0 Å². The van der Waals surface area contributed by atoms with Crippen molar-refractivity contribution < 1.29 is 4.74 Å². The Labute approximate surface area is 125 Å². The van der Waals surface area contributed by atoms with E-state index >= 15 is 0 Å². The van der Waals surface area contributed by atoms with E-state index in [0.717, 1.165) is 25.4 Å². The molecule has 1 N–H and O–H groups in total. The average molecular weight is 329 g/mol. The summed E-state index contributed by atoms with van der Waals surface area (Å²) < 4.78 is 6.92. The zero-order valence-corrected chi connectivity index (χ0v) is 14.0. The minimum Gasteiger partial charge on any atom is -0.492 e. The summed E-state index contributed by atoms with van der Waals surface area (Å²) in [4.78, 5) is 2.20. The number of nitrogens with zero attached hydrogens (tertiary/aromatic N) is 1. The maximum absolute atomic E-state index is 5.76. The first-order chi connectivity index (χ1) is 9.00. The van der Waals surface area contributed by atoms with Crippen molar-refractivity contribution in [1.82, 2.24) is 10.2 Å². The highest BCUT2D eigenvalue weighted by Gasteiger charge is 2.02. The summed E-state index contributed by atoms with van der Waals surface area (Å²) in [5.74, 6) is 0.952. The largest absolute Gasteiger partial charge is 0.492 e. The number of ether oxygens (including phenoxy) is 1. The Kier molecular flexibility index (Phi) is 7.42. The van der Waals surface area contributed by atoms with Gasteiger partial charge in [-0.25, -0.2) is 0 Å². The molecule has 1 rings (SSSR count). The molecule has 108 valence electrons. The average Bonchev–Trinajstić information content (AvgIpc) is 2.34. The van der Waals surface area contributed by atoms with Crippen LogP contribution in [-0.2, 0) is 0 Å². The van der Waals surface area contributed by atoms with Crippen molar-refractivity contribution in [3.63, 3.8) is 0 Å². The number of rotatable bonds is 8. The smallest absolute Gasteiger partial charge is 0.119 e. The standard InChI is InChI=1S/C15H25BrN2O/c1-12-10-14(11-13(2)15(12)16)19-9-7-17-6-5-8-18(3)4/h10-11,17H,5-9H2,1-4H3. The summed E-state index contributed by atoms with van der Waals surface area (Å²) in [5.41, 5.74) is 2.43. The molecule has 0 fully saturated rings. The molecule has 0 aliphatic rings. The second-order valence-corrected chi connectivity index (χ2v) is 5.92. The number of halogens is 1. The van der Waals surface area contributed by atoms with Crippen molar-refractivity contribution >= 4 is 15.9 Å². The Morgan fingerprint density at radius 2 is 1.79 bits per heavy atom. The van der Waals surface area contributed by atoms with Crippen molar-refractivity contribution in [2.75, 3.05) is 40.3 Å². The van der Waals surface area contributed by atoms with Crippen LogP contribution in [0.15, 0.2) is 16.6 Å². The molecule has 0 aliphatic heterocycles. The minimum atomic E-state index is 0.711. The van der Waals surface area contributed by atoms with Gasteiger partial charge in [0.25, 0.3) is 0 Å².